The Morgan fingerprint density at radius 2 is 0.458 bits per heavy atom. The maximum atomic E-state index is 2.53. The summed E-state index contributed by atoms with van der Waals surface area (Å²) >= 11 is 0. The van der Waals surface area contributed by atoms with Gasteiger partial charge in [-0.15, -0.1) is 0 Å². The van der Waals surface area contributed by atoms with Gasteiger partial charge in [0.15, 0.2) is 0 Å². The molecule has 2 aliphatic carbocycles. The maximum Gasteiger partial charge on any atom is -0.000740 e. The summed E-state index contributed by atoms with van der Waals surface area (Å²) in [7, 11) is 0. The number of hydrogen-bond donors (Lipinski definition) is 0. The van der Waals surface area contributed by atoms with Gasteiger partial charge in [-0.25, -0.2) is 0 Å². The lowest BCUT2D eigenvalue weighted by Gasteiger charge is -2.21. The second-order valence-electron chi connectivity index (χ2n) is 20.1. The predicted octanol–water partition coefficient (Wildman–Crippen LogP) is 20.3. The van der Waals surface area contributed by atoms with E-state index in [9.17, 15) is 0 Å². The molecule has 2 aliphatic rings. The molecule has 0 heteroatoms. The minimum atomic E-state index is 1.24. The van der Waals surface area contributed by atoms with Crippen LogP contribution in [0.15, 0.2) is 243 Å². The van der Waals surface area contributed by atoms with Gasteiger partial charge in [-0.05, 0) is 199 Å². The molecule has 17 rings (SSSR count). The Labute approximate surface area is 415 Å². The van der Waals surface area contributed by atoms with Crippen molar-refractivity contribution in [3.05, 3.63) is 243 Å². The van der Waals surface area contributed by atoms with E-state index in [2.05, 4.69) is 243 Å². The molecule has 0 radical (unpaired) electrons. The van der Waals surface area contributed by atoms with Crippen LogP contribution >= 0.6 is 0 Å². The van der Waals surface area contributed by atoms with Gasteiger partial charge in [0.1, 0.15) is 0 Å². The third kappa shape index (κ3) is 4.95. The summed E-state index contributed by atoms with van der Waals surface area (Å²) in [6.07, 6.45) is 0. The molecule has 0 unspecified atom stereocenters. The lowest BCUT2D eigenvalue weighted by atomic mass is 9.82. The highest BCUT2D eigenvalue weighted by Gasteiger charge is 2.34. The van der Waals surface area contributed by atoms with Gasteiger partial charge in [0.05, 0.1) is 0 Å². The largest absolute Gasteiger partial charge is 0.0622 e. The molecule has 15 aromatic rings. The molecule has 0 bridgehead atoms. The monoisotopic (exact) mass is 904 g/mol. The summed E-state index contributed by atoms with van der Waals surface area (Å²) in [4.78, 5) is 0. The van der Waals surface area contributed by atoms with Crippen LogP contribution in [0.5, 0.6) is 0 Å². The summed E-state index contributed by atoms with van der Waals surface area (Å²) in [5.74, 6) is 0. The summed E-state index contributed by atoms with van der Waals surface area (Å²) in [6, 6.07) is 91.7. The molecule has 0 aliphatic heterocycles. The smallest absolute Gasteiger partial charge is 0.000740 e. The highest BCUT2D eigenvalue weighted by molar-refractivity contribution is 6.42. The second-order valence-corrected chi connectivity index (χ2v) is 20.1. The molecule has 0 atom stereocenters. The van der Waals surface area contributed by atoms with Crippen molar-refractivity contribution in [2.24, 2.45) is 0 Å². The fourth-order valence-electron chi connectivity index (χ4n) is 13.8. The van der Waals surface area contributed by atoms with E-state index in [0.29, 0.717) is 0 Å². The van der Waals surface area contributed by atoms with Gasteiger partial charge in [0, 0.05) is 0 Å². The molecular weight excluding hydrogens is 865 g/mol. The summed E-state index contributed by atoms with van der Waals surface area (Å²) in [5, 5.41) is 20.9. The molecule has 15 aromatic carbocycles. The van der Waals surface area contributed by atoms with Crippen LogP contribution in [-0.2, 0) is 0 Å². The Morgan fingerprint density at radius 1 is 0.153 bits per heavy atom. The molecule has 0 aromatic heterocycles. The van der Waals surface area contributed by atoms with E-state index in [-0.39, 0.29) is 0 Å². The van der Waals surface area contributed by atoms with Crippen molar-refractivity contribution in [3.8, 4) is 89.0 Å². The van der Waals surface area contributed by atoms with E-state index in [1.807, 2.05) is 0 Å². The van der Waals surface area contributed by atoms with Crippen LogP contribution in [0.3, 0.4) is 0 Å². The lowest BCUT2D eigenvalue weighted by molar-refractivity contribution is 1.63. The maximum absolute atomic E-state index is 2.53. The van der Waals surface area contributed by atoms with Crippen molar-refractivity contribution in [2.45, 2.75) is 0 Å². The van der Waals surface area contributed by atoms with Gasteiger partial charge in [0.2, 0.25) is 0 Å². The van der Waals surface area contributed by atoms with Gasteiger partial charge in [-0.3, -0.25) is 0 Å². The summed E-state index contributed by atoms with van der Waals surface area (Å²) in [5.41, 5.74) is 20.7. The SMILES string of the molecule is c1ccc(-c2c3c(c(-c4ccccc4)c4cc5ccccc5cc24)-c2ccc4c5ccc6c7c(ccc(c8ccc-3c2c84)c75)-c2cc3c(-c4ccccc4)c4ccccc4c(-c4ccccc4)c3cc2-6)cc1. The first-order chi connectivity index (χ1) is 35.8. The molecule has 0 nitrogen and oxygen atoms in total. The Balaban J connectivity index is 0.973. The molecule has 0 saturated carbocycles. The molecule has 0 fully saturated rings. The molecule has 0 spiro atoms. The van der Waals surface area contributed by atoms with E-state index in [1.54, 1.807) is 0 Å². The Morgan fingerprint density at radius 3 is 0.847 bits per heavy atom. The van der Waals surface area contributed by atoms with E-state index in [0.717, 1.165) is 0 Å². The van der Waals surface area contributed by atoms with Crippen LogP contribution in [0.4, 0.5) is 0 Å². The molecule has 0 amide bonds. The van der Waals surface area contributed by atoms with Crippen molar-refractivity contribution in [3.63, 3.8) is 0 Å². The van der Waals surface area contributed by atoms with Gasteiger partial charge >= 0.3 is 0 Å². The van der Waals surface area contributed by atoms with Crippen molar-refractivity contribution < 1.29 is 0 Å². The van der Waals surface area contributed by atoms with Gasteiger partial charge in [-0.2, -0.15) is 0 Å². The second kappa shape index (κ2) is 14.1. The molecule has 328 valence electrons. The molecular formula is C72H40. The van der Waals surface area contributed by atoms with Crippen LogP contribution in [0, 0.1) is 0 Å². The van der Waals surface area contributed by atoms with Crippen LogP contribution in [-0.4, -0.2) is 0 Å². The molecule has 0 N–H and O–H groups in total. The first kappa shape index (κ1) is 38.5. The van der Waals surface area contributed by atoms with Crippen LogP contribution in [0.25, 0.3) is 175 Å². The highest BCUT2D eigenvalue weighted by Crippen LogP contribution is 2.61. The molecule has 72 heavy (non-hydrogen) atoms. The number of fused-ring (bicyclic) bond motifs is 12. The van der Waals surface area contributed by atoms with Crippen molar-refractivity contribution in [1.29, 1.82) is 0 Å². The van der Waals surface area contributed by atoms with Crippen molar-refractivity contribution in [1.82, 2.24) is 0 Å². The Kier molecular flexibility index (Phi) is 7.55. The third-order valence-corrected chi connectivity index (χ3v) is 16.6. The van der Waals surface area contributed by atoms with E-state index in [1.165, 1.54) is 175 Å². The first-order valence-corrected chi connectivity index (χ1v) is 25.2. The number of benzene rings is 15. The Hall–Kier alpha value is -9.36. The molecule has 0 saturated heterocycles. The normalized spacial score (nSPS) is 12.4. The van der Waals surface area contributed by atoms with Gasteiger partial charge in [0.25, 0.3) is 0 Å². The van der Waals surface area contributed by atoms with Gasteiger partial charge in [-0.1, -0.05) is 218 Å². The zero-order valence-corrected chi connectivity index (χ0v) is 39.1. The number of rotatable bonds is 4. The molecule has 0 heterocycles. The lowest BCUT2D eigenvalue weighted by Crippen LogP contribution is -1.94. The zero-order valence-electron chi connectivity index (χ0n) is 39.1. The average Bonchev–Trinajstić information content (AvgIpc) is 3.95. The Bertz CT molecular complexity index is 4550. The van der Waals surface area contributed by atoms with Crippen LogP contribution in [0.2, 0.25) is 0 Å². The standard InChI is InChI=1S/C72H40/c1-5-17-41(18-6-1)63-47-27-15-16-28-48(47)64(42-19-7-2-8-20-42)62-40-58-54-32-30-50-52-34-36-56-70-55(35-33-51(68(52)70)49-29-31-53(69(54)67(49)50)57(58)39-61(62)63)71-65(43-21-9-3-10-22-43)59-37-45-25-13-14-26-46(45)38-60(59)66(72(56)71)44-23-11-4-12-24-44/h1-40H. The van der Waals surface area contributed by atoms with E-state index >= 15 is 0 Å². The van der Waals surface area contributed by atoms with Crippen LogP contribution < -0.4 is 0 Å². The summed E-state index contributed by atoms with van der Waals surface area (Å²) < 4.78 is 0. The summed E-state index contributed by atoms with van der Waals surface area (Å²) in [6.45, 7) is 0. The predicted molar refractivity (Wildman–Crippen MR) is 308 cm³/mol. The van der Waals surface area contributed by atoms with Gasteiger partial charge < -0.3 is 0 Å². The third-order valence-electron chi connectivity index (χ3n) is 16.6. The fourth-order valence-corrected chi connectivity index (χ4v) is 13.8. The fraction of sp³-hybridized carbons (Fsp3) is 0. The van der Waals surface area contributed by atoms with Crippen molar-refractivity contribution in [2.75, 3.05) is 0 Å². The average molecular weight is 905 g/mol. The topological polar surface area (TPSA) is 0 Å². The minimum absolute atomic E-state index is 1.24. The van der Waals surface area contributed by atoms with E-state index < -0.39 is 0 Å². The quantitative estimate of drug-likeness (QED) is 0.122. The number of hydrogen-bond acceptors (Lipinski definition) is 0. The van der Waals surface area contributed by atoms with Crippen molar-refractivity contribution >= 4 is 86.2 Å². The zero-order chi connectivity index (χ0) is 46.8. The highest BCUT2D eigenvalue weighted by atomic mass is 14.4. The minimum Gasteiger partial charge on any atom is -0.0622 e. The first-order valence-electron chi connectivity index (χ1n) is 25.2. The van der Waals surface area contributed by atoms with Crippen LogP contribution in [0.1, 0.15) is 0 Å². The van der Waals surface area contributed by atoms with E-state index in [4.69, 9.17) is 0 Å².